The summed E-state index contributed by atoms with van der Waals surface area (Å²) in [7, 11) is 1.82. The van der Waals surface area contributed by atoms with Crippen LogP contribution in [0.25, 0.3) is 11.1 Å². The Morgan fingerprint density at radius 3 is 2.70 bits per heavy atom. The summed E-state index contributed by atoms with van der Waals surface area (Å²) in [6.45, 7) is 0. The summed E-state index contributed by atoms with van der Waals surface area (Å²) in [4.78, 5) is 0. The molecule has 5 heteroatoms. The molecular weight excluding hydrogens is 274 g/mol. The van der Waals surface area contributed by atoms with Gasteiger partial charge in [0, 0.05) is 12.6 Å². The van der Waals surface area contributed by atoms with Crippen LogP contribution >= 0.6 is 11.6 Å². The van der Waals surface area contributed by atoms with E-state index in [9.17, 15) is 0 Å². The summed E-state index contributed by atoms with van der Waals surface area (Å²) in [6, 6.07) is 5.78. The average molecular weight is 292 g/mol. The summed E-state index contributed by atoms with van der Waals surface area (Å²) in [5, 5.41) is 4.77. The molecule has 0 unspecified atom stereocenters. The SMILES string of the molecule is Cn1ncc(-c2ccc(OC3CCCC3)c(Cl)c2)c1N. The molecule has 0 bridgehead atoms. The molecule has 1 fully saturated rings. The summed E-state index contributed by atoms with van der Waals surface area (Å²) in [5.41, 5.74) is 7.83. The maximum absolute atomic E-state index is 6.32. The van der Waals surface area contributed by atoms with Crippen LogP contribution in [0.3, 0.4) is 0 Å². The predicted octanol–water partition coefficient (Wildman–Crippen LogP) is 3.64. The van der Waals surface area contributed by atoms with Crippen molar-refractivity contribution >= 4 is 17.4 Å². The van der Waals surface area contributed by atoms with Gasteiger partial charge in [0.05, 0.1) is 17.3 Å². The number of hydrogen-bond acceptors (Lipinski definition) is 3. The molecule has 20 heavy (non-hydrogen) atoms. The molecule has 1 aliphatic carbocycles. The summed E-state index contributed by atoms with van der Waals surface area (Å²) >= 11 is 6.32. The minimum atomic E-state index is 0.307. The molecule has 2 N–H and O–H groups in total. The Morgan fingerprint density at radius 1 is 1.35 bits per heavy atom. The lowest BCUT2D eigenvalue weighted by Crippen LogP contribution is -2.11. The first-order chi connectivity index (χ1) is 9.65. The molecule has 4 nitrogen and oxygen atoms in total. The first-order valence-corrected chi connectivity index (χ1v) is 7.27. The number of nitrogen functional groups attached to an aromatic ring is 1. The Balaban J connectivity index is 1.85. The Bertz CT molecular complexity index is 618. The van der Waals surface area contributed by atoms with Gasteiger partial charge in [0.15, 0.2) is 0 Å². The van der Waals surface area contributed by atoms with Gasteiger partial charge in [-0.25, -0.2) is 0 Å². The van der Waals surface area contributed by atoms with E-state index >= 15 is 0 Å². The predicted molar refractivity (Wildman–Crippen MR) is 81.0 cm³/mol. The van der Waals surface area contributed by atoms with E-state index in [-0.39, 0.29) is 0 Å². The molecule has 2 aromatic rings. The van der Waals surface area contributed by atoms with Gasteiger partial charge in [0.25, 0.3) is 0 Å². The zero-order valence-corrected chi connectivity index (χ0v) is 12.2. The highest BCUT2D eigenvalue weighted by molar-refractivity contribution is 6.32. The van der Waals surface area contributed by atoms with Crippen LogP contribution in [0, 0.1) is 0 Å². The van der Waals surface area contributed by atoms with Crippen LogP contribution in [0.2, 0.25) is 5.02 Å². The zero-order chi connectivity index (χ0) is 14.1. The van der Waals surface area contributed by atoms with Crippen molar-refractivity contribution in [3.63, 3.8) is 0 Å². The second-order valence-electron chi connectivity index (χ2n) is 5.24. The summed E-state index contributed by atoms with van der Waals surface area (Å²) in [6.07, 6.45) is 6.78. The third-order valence-corrected chi connectivity index (χ3v) is 4.12. The number of halogens is 1. The van der Waals surface area contributed by atoms with Crippen molar-refractivity contribution in [3.05, 3.63) is 29.4 Å². The Kier molecular flexibility index (Phi) is 3.57. The molecule has 1 heterocycles. The van der Waals surface area contributed by atoms with E-state index in [0.717, 1.165) is 29.7 Å². The van der Waals surface area contributed by atoms with Crippen molar-refractivity contribution in [2.45, 2.75) is 31.8 Å². The third kappa shape index (κ3) is 2.48. The van der Waals surface area contributed by atoms with Crippen molar-refractivity contribution in [1.29, 1.82) is 0 Å². The van der Waals surface area contributed by atoms with Crippen LogP contribution in [0.15, 0.2) is 24.4 Å². The first-order valence-electron chi connectivity index (χ1n) is 6.89. The second kappa shape index (κ2) is 5.37. The van der Waals surface area contributed by atoms with Crippen LogP contribution in [0.5, 0.6) is 5.75 Å². The van der Waals surface area contributed by atoms with Crippen LogP contribution < -0.4 is 10.5 Å². The third-order valence-electron chi connectivity index (χ3n) is 3.82. The van der Waals surface area contributed by atoms with E-state index in [2.05, 4.69) is 5.10 Å². The molecule has 0 spiro atoms. The van der Waals surface area contributed by atoms with Crippen molar-refractivity contribution in [3.8, 4) is 16.9 Å². The Labute approximate surface area is 123 Å². The molecular formula is C15H18ClN3O. The van der Waals surface area contributed by atoms with Crippen LogP contribution in [0.4, 0.5) is 5.82 Å². The van der Waals surface area contributed by atoms with Crippen molar-refractivity contribution in [2.75, 3.05) is 5.73 Å². The molecule has 0 aliphatic heterocycles. The van der Waals surface area contributed by atoms with Gasteiger partial charge in [-0.05, 0) is 43.4 Å². The quantitative estimate of drug-likeness (QED) is 0.939. The van der Waals surface area contributed by atoms with Crippen LogP contribution in [0.1, 0.15) is 25.7 Å². The maximum atomic E-state index is 6.32. The largest absolute Gasteiger partial charge is 0.489 e. The van der Waals surface area contributed by atoms with E-state index in [1.54, 1.807) is 10.9 Å². The fraction of sp³-hybridized carbons (Fsp3) is 0.400. The van der Waals surface area contributed by atoms with Crippen LogP contribution in [-0.4, -0.2) is 15.9 Å². The highest BCUT2D eigenvalue weighted by Gasteiger charge is 2.18. The van der Waals surface area contributed by atoms with Gasteiger partial charge in [-0.1, -0.05) is 17.7 Å². The topological polar surface area (TPSA) is 53.1 Å². The summed E-state index contributed by atoms with van der Waals surface area (Å²) < 4.78 is 7.59. The smallest absolute Gasteiger partial charge is 0.138 e. The number of ether oxygens (including phenoxy) is 1. The Morgan fingerprint density at radius 2 is 2.10 bits per heavy atom. The minimum Gasteiger partial charge on any atom is -0.489 e. The highest BCUT2D eigenvalue weighted by Crippen LogP contribution is 2.34. The van der Waals surface area contributed by atoms with Gasteiger partial charge in [-0.15, -0.1) is 0 Å². The number of aryl methyl sites for hydroxylation is 1. The van der Waals surface area contributed by atoms with Gasteiger partial charge in [0.1, 0.15) is 11.6 Å². The highest BCUT2D eigenvalue weighted by atomic mass is 35.5. The van der Waals surface area contributed by atoms with Crippen LogP contribution in [-0.2, 0) is 7.05 Å². The van der Waals surface area contributed by atoms with Gasteiger partial charge in [-0.2, -0.15) is 5.10 Å². The molecule has 0 atom stereocenters. The molecule has 1 saturated carbocycles. The van der Waals surface area contributed by atoms with E-state index < -0.39 is 0 Å². The van der Waals surface area contributed by atoms with Crippen molar-refractivity contribution in [1.82, 2.24) is 9.78 Å². The lowest BCUT2D eigenvalue weighted by Gasteiger charge is -2.14. The minimum absolute atomic E-state index is 0.307. The zero-order valence-electron chi connectivity index (χ0n) is 11.5. The fourth-order valence-electron chi connectivity index (χ4n) is 2.62. The van der Waals surface area contributed by atoms with E-state index in [0.29, 0.717) is 16.9 Å². The number of rotatable bonds is 3. The number of hydrogen-bond donors (Lipinski definition) is 1. The lowest BCUT2D eigenvalue weighted by atomic mass is 10.1. The standard InChI is InChI=1S/C15H18ClN3O/c1-19-15(17)12(9-18-19)10-6-7-14(13(16)8-10)20-11-4-2-3-5-11/h6-9,11H,2-5,17H2,1H3. The van der Waals surface area contributed by atoms with Gasteiger partial charge in [-0.3, -0.25) is 4.68 Å². The maximum Gasteiger partial charge on any atom is 0.138 e. The van der Waals surface area contributed by atoms with E-state index in [1.807, 2.05) is 25.2 Å². The first kappa shape index (κ1) is 13.3. The molecule has 0 radical (unpaired) electrons. The normalized spacial score (nSPS) is 15.7. The number of nitrogens with zero attached hydrogens (tertiary/aromatic N) is 2. The molecule has 0 saturated heterocycles. The molecule has 0 amide bonds. The van der Waals surface area contributed by atoms with E-state index in [4.69, 9.17) is 22.1 Å². The summed E-state index contributed by atoms with van der Waals surface area (Å²) in [5.74, 6) is 1.38. The monoisotopic (exact) mass is 291 g/mol. The van der Waals surface area contributed by atoms with Crippen molar-refractivity contribution < 1.29 is 4.74 Å². The van der Waals surface area contributed by atoms with Gasteiger partial charge < -0.3 is 10.5 Å². The van der Waals surface area contributed by atoms with Gasteiger partial charge in [0.2, 0.25) is 0 Å². The van der Waals surface area contributed by atoms with E-state index in [1.165, 1.54) is 12.8 Å². The molecule has 106 valence electrons. The lowest BCUT2D eigenvalue weighted by molar-refractivity contribution is 0.210. The molecule has 1 aromatic carbocycles. The number of aromatic nitrogens is 2. The number of benzene rings is 1. The number of anilines is 1. The number of nitrogens with two attached hydrogens (primary N) is 1. The molecule has 3 rings (SSSR count). The van der Waals surface area contributed by atoms with Crippen molar-refractivity contribution in [2.24, 2.45) is 7.05 Å². The second-order valence-corrected chi connectivity index (χ2v) is 5.64. The molecule has 1 aliphatic rings. The van der Waals surface area contributed by atoms with Gasteiger partial charge >= 0.3 is 0 Å². The fourth-order valence-corrected chi connectivity index (χ4v) is 2.84. The Hall–Kier alpha value is -1.68. The average Bonchev–Trinajstić information content (AvgIpc) is 3.04. The molecule has 1 aromatic heterocycles.